The maximum absolute atomic E-state index is 13.3. The number of primary amides is 1. The molecule has 33 heavy (non-hydrogen) atoms. The van der Waals surface area contributed by atoms with E-state index >= 15 is 0 Å². The quantitative estimate of drug-likeness (QED) is 0.400. The van der Waals surface area contributed by atoms with Crippen molar-refractivity contribution in [3.63, 3.8) is 0 Å². The van der Waals surface area contributed by atoms with Gasteiger partial charge in [-0.05, 0) is 30.3 Å². The Kier molecular flexibility index (Phi) is 7.64. The number of nitrogens with two attached hydrogens (primary N) is 1. The highest BCUT2D eigenvalue weighted by Gasteiger charge is 2.22. The first-order chi connectivity index (χ1) is 15.9. The van der Waals surface area contributed by atoms with E-state index in [1.807, 2.05) is 0 Å². The fourth-order valence-corrected chi connectivity index (χ4v) is 3.13. The number of halogens is 1. The lowest BCUT2D eigenvalue weighted by Crippen LogP contribution is -2.37. The van der Waals surface area contributed by atoms with Crippen molar-refractivity contribution in [2.75, 3.05) is 18.1 Å². The van der Waals surface area contributed by atoms with Gasteiger partial charge in [0.15, 0.2) is 12.4 Å². The number of ketones is 1. The molecule has 0 aliphatic rings. The molecular formula is C25H21FN2O5. The zero-order valence-electron chi connectivity index (χ0n) is 17.6. The smallest absolute Gasteiger partial charge is 0.339 e. The number of hydrogen-bond acceptors (Lipinski definition) is 5. The van der Waals surface area contributed by atoms with Gasteiger partial charge in [0.1, 0.15) is 5.82 Å². The molecule has 2 N–H and O–H groups in total. The lowest BCUT2D eigenvalue weighted by Gasteiger charge is -2.22. The molecule has 0 aromatic heterocycles. The van der Waals surface area contributed by atoms with Crippen LogP contribution < -0.4 is 10.6 Å². The van der Waals surface area contributed by atoms with Crippen LogP contribution in [0.3, 0.4) is 0 Å². The van der Waals surface area contributed by atoms with Gasteiger partial charge >= 0.3 is 5.97 Å². The molecule has 3 aromatic rings. The minimum Gasteiger partial charge on any atom is -0.452 e. The van der Waals surface area contributed by atoms with E-state index in [9.17, 15) is 23.6 Å². The van der Waals surface area contributed by atoms with E-state index in [-0.39, 0.29) is 29.9 Å². The van der Waals surface area contributed by atoms with Crippen LogP contribution in [0.1, 0.15) is 32.7 Å². The molecule has 0 atom stereocenters. The Bertz CT molecular complexity index is 1160. The van der Waals surface area contributed by atoms with Crippen molar-refractivity contribution < 1.29 is 28.3 Å². The number of esters is 1. The second-order valence-corrected chi connectivity index (χ2v) is 7.05. The number of carbonyl (C=O) groups excluding carboxylic acids is 4. The van der Waals surface area contributed by atoms with Crippen LogP contribution in [0.15, 0.2) is 78.9 Å². The largest absolute Gasteiger partial charge is 0.452 e. The summed E-state index contributed by atoms with van der Waals surface area (Å²) in [6, 6.07) is 19.7. The number of carbonyl (C=O) groups is 4. The number of ether oxygens (including phenoxy) is 1. The van der Waals surface area contributed by atoms with Crippen LogP contribution in [0.25, 0.3) is 0 Å². The Balaban J connectivity index is 1.75. The maximum atomic E-state index is 13.3. The van der Waals surface area contributed by atoms with Crippen LogP contribution in [0.2, 0.25) is 0 Å². The predicted octanol–water partition coefficient (Wildman–Crippen LogP) is 3.12. The van der Waals surface area contributed by atoms with Crippen molar-refractivity contribution in [3.8, 4) is 0 Å². The van der Waals surface area contributed by atoms with Crippen molar-refractivity contribution in [1.82, 2.24) is 0 Å². The first kappa shape index (κ1) is 23.3. The second kappa shape index (κ2) is 10.8. The molecule has 0 saturated heterocycles. The third kappa shape index (κ3) is 6.10. The molecule has 168 valence electrons. The summed E-state index contributed by atoms with van der Waals surface area (Å²) in [6.45, 7) is -0.719. The molecular weight excluding hydrogens is 427 g/mol. The van der Waals surface area contributed by atoms with Gasteiger partial charge in [0, 0.05) is 29.8 Å². The molecule has 7 nitrogen and oxygen atoms in total. The van der Waals surface area contributed by atoms with Crippen LogP contribution in [-0.4, -0.2) is 36.7 Å². The van der Waals surface area contributed by atoms with Crippen molar-refractivity contribution >= 4 is 29.3 Å². The standard InChI is InChI=1S/C25H21FN2O5/c26-18-10-12-19(13-11-18)28(15-14-22(27)29)23(30)16-33-25(32)21-9-5-4-8-20(21)24(31)17-6-2-1-3-7-17/h1-13H,14-16H2,(H2,27,29). The zero-order valence-corrected chi connectivity index (χ0v) is 17.6. The van der Waals surface area contributed by atoms with Crippen molar-refractivity contribution in [3.05, 3.63) is 101 Å². The monoisotopic (exact) mass is 448 g/mol. The summed E-state index contributed by atoms with van der Waals surface area (Å²) in [7, 11) is 0. The Morgan fingerprint density at radius 1 is 0.818 bits per heavy atom. The topological polar surface area (TPSA) is 107 Å². The van der Waals surface area contributed by atoms with E-state index in [4.69, 9.17) is 10.5 Å². The lowest BCUT2D eigenvalue weighted by molar-refractivity contribution is -0.121. The average Bonchev–Trinajstić information content (AvgIpc) is 2.83. The van der Waals surface area contributed by atoms with E-state index < -0.39 is 30.2 Å². The number of nitrogens with zero attached hydrogens (tertiary/aromatic N) is 1. The fourth-order valence-electron chi connectivity index (χ4n) is 3.13. The van der Waals surface area contributed by atoms with Gasteiger partial charge in [-0.3, -0.25) is 14.4 Å². The number of amides is 2. The minimum atomic E-state index is -0.850. The van der Waals surface area contributed by atoms with Crippen LogP contribution in [0.4, 0.5) is 10.1 Å². The Morgan fingerprint density at radius 2 is 1.42 bits per heavy atom. The number of benzene rings is 3. The summed E-state index contributed by atoms with van der Waals surface area (Å²) in [5.74, 6) is -2.96. The first-order valence-corrected chi connectivity index (χ1v) is 10.1. The molecule has 0 unspecified atom stereocenters. The van der Waals surface area contributed by atoms with Crippen molar-refractivity contribution in [2.24, 2.45) is 5.73 Å². The predicted molar refractivity (Wildman–Crippen MR) is 119 cm³/mol. The summed E-state index contributed by atoms with van der Waals surface area (Å²) in [5.41, 5.74) is 6.07. The third-order valence-corrected chi connectivity index (χ3v) is 4.78. The molecule has 0 radical (unpaired) electrons. The average molecular weight is 448 g/mol. The second-order valence-electron chi connectivity index (χ2n) is 7.05. The van der Waals surface area contributed by atoms with Crippen molar-refractivity contribution in [1.29, 1.82) is 0 Å². The van der Waals surface area contributed by atoms with E-state index in [0.29, 0.717) is 11.3 Å². The van der Waals surface area contributed by atoms with Gasteiger partial charge in [0.25, 0.3) is 5.91 Å². The SMILES string of the molecule is NC(=O)CCN(C(=O)COC(=O)c1ccccc1C(=O)c1ccccc1)c1ccc(F)cc1. The molecule has 2 amide bonds. The number of hydrogen-bond donors (Lipinski definition) is 1. The van der Waals surface area contributed by atoms with Gasteiger partial charge in [-0.1, -0.05) is 48.5 Å². The van der Waals surface area contributed by atoms with Gasteiger partial charge in [0.2, 0.25) is 5.91 Å². The molecule has 3 rings (SSSR count). The molecule has 3 aromatic carbocycles. The van der Waals surface area contributed by atoms with Crippen LogP contribution in [-0.2, 0) is 14.3 Å². The minimum absolute atomic E-state index is 0.0182. The van der Waals surface area contributed by atoms with Crippen molar-refractivity contribution in [2.45, 2.75) is 6.42 Å². The Morgan fingerprint density at radius 3 is 2.06 bits per heavy atom. The van der Waals surface area contributed by atoms with Gasteiger partial charge in [-0.15, -0.1) is 0 Å². The molecule has 0 aliphatic heterocycles. The summed E-state index contributed by atoms with van der Waals surface area (Å²) < 4.78 is 18.4. The summed E-state index contributed by atoms with van der Waals surface area (Å²) >= 11 is 0. The highest BCUT2D eigenvalue weighted by molar-refractivity contribution is 6.14. The number of rotatable bonds is 9. The molecule has 0 saturated carbocycles. The number of anilines is 1. The van der Waals surface area contributed by atoms with Crippen LogP contribution >= 0.6 is 0 Å². The molecule has 0 spiro atoms. The highest BCUT2D eigenvalue weighted by atomic mass is 19.1. The Hall–Kier alpha value is -4.33. The summed E-state index contributed by atoms with van der Waals surface area (Å²) in [6.07, 6.45) is -0.133. The van der Waals surface area contributed by atoms with E-state index in [0.717, 1.165) is 12.1 Å². The maximum Gasteiger partial charge on any atom is 0.339 e. The molecule has 0 aliphatic carbocycles. The van der Waals surface area contributed by atoms with Gasteiger partial charge in [-0.25, -0.2) is 9.18 Å². The molecule has 0 fully saturated rings. The highest BCUT2D eigenvalue weighted by Crippen LogP contribution is 2.18. The summed E-state index contributed by atoms with van der Waals surface area (Å²) in [4.78, 5) is 50.6. The van der Waals surface area contributed by atoms with E-state index in [1.54, 1.807) is 42.5 Å². The molecule has 8 heteroatoms. The molecule has 0 bridgehead atoms. The normalized spacial score (nSPS) is 10.3. The van der Waals surface area contributed by atoms with Crippen LogP contribution in [0, 0.1) is 5.82 Å². The third-order valence-electron chi connectivity index (χ3n) is 4.78. The van der Waals surface area contributed by atoms with Gasteiger partial charge in [0.05, 0.1) is 5.56 Å². The first-order valence-electron chi connectivity index (χ1n) is 10.1. The fraction of sp³-hybridized carbons (Fsp3) is 0.120. The van der Waals surface area contributed by atoms with Gasteiger partial charge in [-0.2, -0.15) is 0 Å². The Labute approximate surface area is 189 Å². The zero-order chi connectivity index (χ0) is 23.8. The van der Waals surface area contributed by atoms with Crippen LogP contribution in [0.5, 0.6) is 0 Å². The van der Waals surface area contributed by atoms with E-state index in [2.05, 4.69) is 0 Å². The van der Waals surface area contributed by atoms with E-state index in [1.165, 1.54) is 29.2 Å². The van der Waals surface area contributed by atoms with Gasteiger partial charge < -0.3 is 15.4 Å². The molecule has 0 heterocycles. The summed E-state index contributed by atoms with van der Waals surface area (Å²) in [5, 5.41) is 0. The lowest BCUT2D eigenvalue weighted by atomic mass is 9.98.